The SMILES string of the molecule is Clc1ccc2ncnc(N3CCc4ncc(N5CCCn6nccc65)cc4C3)c2c1. The third-order valence-corrected chi connectivity index (χ3v) is 6.17. The van der Waals surface area contributed by atoms with Crippen molar-refractivity contribution in [3.63, 3.8) is 0 Å². The maximum absolute atomic E-state index is 6.25. The molecule has 0 amide bonds. The summed E-state index contributed by atoms with van der Waals surface area (Å²) in [5, 5.41) is 6.11. The molecule has 0 N–H and O–H groups in total. The van der Waals surface area contributed by atoms with Gasteiger partial charge in [-0.15, -0.1) is 0 Å². The first-order chi connectivity index (χ1) is 14.8. The largest absolute Gasteiger partial charge is 0.351 e. The van der Waals surface area contributed by atoms with Crippen molar-refractivity contribution in [3.8, 4) is 0 Å². The van der Waals surface area contributed by atoms with E-state index in [2.05, 4.69) is 41.7 Å². The molecule has 30 heavy (non-hydrogen) atoms. The Hall–Kier alpha value is -3.19. The van der Waals surface area contributed by atoms with Gasteiger partial charge in [-0.3, -0.25) is 4.98 Å². The highest BCUT2D eigenvalue weighted by molar-refractivity contribution is 6.31. The summed E-state index contributed by atoms with van der Waals surface area (Å²) in [5.41, 5.74) is 4.43. The average molecular weight is 418 g/mol. The predicted molar refractivity (Wildman–Crippen MR) is 117 cm³/mol. The number of benzene rings is 1. The smallest absolute Gasteiger partial charge is 0.140 e. The predicted octanol–water partition coefficient (Wildman–Crippen LogP) is 3.98. The molecule has 0 aliphatic carbocycles. The van der Waals surface area contributed by atoms with E-state index in [1.54, 1.807) is 6.33 Å². The number of nitrogens with zero attached hydrogens (tertiary/aromatic N) is 7. The summed E-state index contributed by atoms with van der Waals surface area (Å²) in [6.07, 6.45) is 7.46. The van der Waals surface area contributed by atoms with Crippen molar-refractivity contribution in [1.82, 2.24) is 24.7 Å². The summed E-state index contributed by atoms with van der Waals surface area (Å²) in [5.74, 6) is 2.06. The molecule has 0 saturated carbocycles. The summed E-state index contributed by atoms with van der Waals surface area (Å²) in [6, 6.07) is 10.1. The van der Waals surface area contributed by atoms with Crippen LogP contribution in [0.15, 0.2) is 49.1 Å². The standard InChI is InChI=1S/C22H20ClN7/c23-16-2-3-20-18(11-16)22(26-14-25-20)28-9-5-19-15(13-28)10-17(12-24-19)29-7-1-8-30-21(29)4-6-27-30/h2-4,6,10-12,14H,1,5,7-9,13H2. The Balaban J connectivity index is 1.36. The number of fused-ring (bicyclic) bond motifs is 3. The number of hydrogen-bond donors (Lipinski definition) is 0. The van der Waals surface area contributed by atoms with E-state index in [0.717, 1.165) is 72.9 Å². The highest BCUT2D eigenvalue weighted by atomic mass is 35.5. The molecule has 0 bridgehead atoms. The van der Waals surface area contributed by atoms with Gasteiger partial charge in [0, 0.05) is 54.8 Å². The molecule has 7 nitrogen and oxygen atoms in total. The number of anilines is 3. The van der Waals surface area contributed by atoms with Crippen molar-refractivity contribution in [3.05, 3.63) is 65.3 Å². The van der Waals surface area contributed by atoms with Gasteiger partial charge >= 0.3 is 0 Å². The van der Waals surface area contributed by atoms with Gasteiger partial charge in [-0.1, -0.05) is 11.6 Å². The topological polar surface area (TPSA) is 63.0 Å². The van der Waals surface area contributed by atoms with E-state index < -0.39 is 0 Å². The summed E-state index contributed by atoms with van der Waals surface area (Å²) in [4.78, 5) is 18.4. The van der Waals surface area contributed by atoms with Crippen molar-refractivity contribution >= 4 is 39.8 Å². The number of pyridine rings is 1. The average Bonchev–Trinajstić information content (AvgIpc) is 3.27. The third-order valence-electron chi connectivity index (χ3n) is 5.94. The number of rotatable bonds is 2. The van der Waals surface area contributed by atoms with E-state index >= 15 is 0 Å². The second-order valence-electron chi connectivity index (χ2n) is 7.75. The summed E-state index contributed by atoms with van der Waals surface area (Å²) < 4.78 is 2.06. The van der Waals surface area contributed by atoms with Gasteiger partial charge in [-0.05, 0) is 36.2 Å². The number of hydrogen-bond acceptors (Lipinski definition) is 6. The van der Waals surface area contributed by atoms with Gasteiger partial charge in [0.05, 0.1) is 23.6 Å². The molecule has 150 valence electrons. The van der Waals surface area contributed by atoms with Crippen molar-refractivity contribution < 1.29 is 0 Å². The van der Waals surface area contributed by atoms with Crippen LogP contribution in [-0.2, 0) is 19.5 Å². The molecule has 2 aliphatic rings. The molecular formula is C22H20ClN7. The van der Waals surface area contributed by atoms with Gasteiger partial charge in [0.1, 0.15) is 18.0 Å². The van der Waals surface area contributed by atoms with Crippen LogP contribution >= 0.6 is 11.6 Å². The second kappa shape index (κ2) is 6.95. The Bertz CT molecular complexity index is 1250. The first-order valence-electron chi connectivity index (χ1n) is 10.2. The van der Waals surface area contributed by atoms with Gasteiger partial charge in [-0.2, -0.15) is 5.10 Å². The van der Waals surface area contributed by atoms with E-state index in [4.69, 9.17) is 16.6 Å². The highest BCUT2D eigenvalue weighted by Crippen LogP contribution is 2.33. The highest BCUT2D eigenvalue weighted by Gasteiger charge is 2.24. The van der Waals surface area contributed by atoms with E-state index in [9.17, 15) is 0 Å². The lowest BCUT2D eigenvalue weighted by molar-refractivity contribution is 0.541. The number of halogens is 1. The monoisotopic (exact) mass is 417 g/mol. The number of aromatic nitrogens is 5. The Morgan fingerprint density at radius 2 is 1.93 bits per heavy atom. The molecular weight excluding hydrogens is 398 g/mol. The summed E-state index contributed by atoms with van der Waals surface area (Å²) in [7, 11) is 0. The molecule has 0 unspecified atom stereocenters. The molecule has 3 aromatic heterocycles. The van der Waals surface area contributed by atoms with Crippen LogP contribution in [0.4, 0.5) is 17.3 Å². The Morgan fingerprint density at radius 3 is 2.90 bits per heavy atom. The fraction of sp³-hybridized carbons (Fsp3) is 0.273. The van der Waals surface area contributed by atoms with Crippen LogP contribution in [0.1, 0.15) is 17.7 Å². The van der Waals surface area contributed by atoms with Crippen LogP contribution in [0.25, 0.3) is 10.9 Å². The molecule has 0 atom stereocenters. The Labute approximate surface area is 178 Å². The van der Waals surface area contributed by atoms with Gasteiger partial charge in [-0.25, -0.2) is 14.6 Å². The molecule has 4 aromatic rings. The first kappa shape index (κ1) is 17.7. The molecule has 8 heteroatoms. The van der Waals surface area contributed by atoms with Crippen LogP contribution < -0.4 is 9.80 Å². The zero-order valence-corrected chi connectivity index (χ0v) is 17.1. The molecule has 0 saturated heterocycles. The molecule has 5 heterocycles. The van der Waals surface area contributed by atoms with Gasteiger partial charge < -0.3 is 9.80 Å². The third kappa shape index (κ3) is 2.89. The minimum Gasteiger partial charge on any atom is -0.351 e. The molecule has 0 radical (unpaired) electrons. The van der Waals surface area contributed by atoms with Gasteiger partial charge in [0.2, 0.25) is 0 Å². The fourth-order valence-electron chi connectivity index (χ4n) is 4.49. The molecule has 2 aliphatic heterocycles. The lowest BCUT2D eigenvalue weighted by Crippen LogP contribution is -2.33. The van der Waals surface area contributed by atoms with Crippen LogP contribution in [0.5, 0.6) is 0 Å². The zero-order chi connectivity index (χ0) is 20.1. The minimum atomic E-state index is 0.696. The zero-order valence-electron chi connectivity index (χ0n) is 16.4. The summed E-state index contributed by atoms with van der Waals surface area (Å²) in [6.45, 7) is 3.58. The minimum absolute atomic E-state index is 0.696. The van der Waals surface area contributed by atoms with Crippen LogP contribution in [0.2, 0.25) is 5.02 Å². The molecule has 6 rings (SSSR count). The maximum Gasteiger partial charge on any atom is 0.140 e. The van der Waals surface area contributed by atoms with E-state index in [-0.39, 0.29) is 0 Å². The van der Waals surface area contributed by atoms with E-state index in [1.807, 2.05) is 30.6 Å². The van der Waals surface area contributed by atoms with Crippen molar-refractivity contribution in [2.75, 3.05) is 22.9 Å². The van der Waals surface area contributed by atoms with Gasteiger partial charge in [0.15, 0.2) is 0 Å². The quantitative estimate of drug-likeness (QED) is 0.491. The van der Waals surface area contributed by atoms with Gasteiger partial charge in [0.25, 0.3) is 0 Å². The van der Waals surface area contributed by atoms with Crippen molar-refractivity contribution in [2.45, 2.75) is 25.9 Å². The van der Waals surface area contributed by atoms with Crippen LogP contribution in [-0.4, -0.2) is 37.8 Å². The summed E-state index contributed by atoms with van der Waals surface area (Å²) >= 11 is 6.25. The molecule has 0 fully saturated rings. The van der Waals surface area contributed by atoms with E-state index in [1.165, 1.54) is 5.56 Å². The normalized spacial score (nSPS) is 15.9. The van der Waals surface area contributed by atoms with Crippen LogP contribution in [0, 0.1) is 0 Å². The second-order valence-corrected chi connectivity index (χ2v) is 8.18. The first-order valence-corrected chi connectivity index (χ1v) is 10.6. The number of aryl methyl sites for hydroxylation is 1. The van der Waals surface area contributed by atoms with E-state index in [0.29, 0.717) is 5.02 Å². The van der Waals surface area contributed by atoms with Crippen molar-refractivity contribution in [2.24, 2.45) is 0 Å². The Kier molecular flexibility index (Phi) is 4.09. The van der Waals surface area contributed by atoms with Crippen LogP contribution in [0.3, 0.4) is 0 Å². The van der Waals surface area contributed by atoms with Crippen molar-refractivity contribution in [1.29, 1.82) is 0 Å². The lowest BCUT2D eigenvalue weighted by atomic mass is 10.0. The molecule has 0 spiro atoms. The maximum atomic E-state index is 6.25. The Morgan fingerprint density at radius 1 is 0.967 bits per heavy atom. The fourth-order valence-corrected chi connectivity index (χ4v) is 4.66. The molecule has 1 aromatic carbocycles. The lowest BCUT2D eigenvalue weighted by Gasteiger charge is -2.33.